The van der Waals surface area contributed by atoms with Crippen molar-refractivity contribution in [2.45, 2.75) is 6.42 Å². The van der Waals surface area contributed by atoms with E-state index in [1.54, 1.807) is 0 Å². The summed E-state index contributed by atoms with van der Waals surface area (Å²) in [5, 5.41) is 14.9. The van der Waals surface area contributed by atoms with E-state index >= 15 is 0 Å². The summed E-state index contributed by atoms with van der Waals surface area (Å²) < 4.78 is 0.746. The first-order valence-corrected chi connectivity index (χ1v) is 9.09. The van der Waals surface area contributed by atoms with Gasteiger partial charge in [-0.05, 0) is 46.7 Å². The van der Waals surface area contributed by atoms with Crippen molar-refractivity contribution in [2.75, 3.05) is 6.54 Å². The summed E-state index contributed by atoms with van der Waals surface area (Å²) in [6.07, 6.45) is -0.350. The lowest BCUT2D eigenvalue weighted by molar-refractivity contribution is 0.194. The largest absolute Gasteiger partial charge is 0.465 e. The van der Waals surface area contributed by atoms with Gasteiger partial charge in [-0.15, -0.1) is 11.3 Å². The molecule has 0 unspecified atom stereocenters. The van der Waals surface area contributed by atoms with Crippen LogP contribution in [0.5, 0.6) is 0 Å². The molecule has 2 aromatic heterocycles. The molecule has 2 heterocycles. The van der Waals surface area contributed by atoms with Gasteiger partial charge in [0.05, 0.1) is 0 Å². The summed E-state index contributed by atoms with van der Waals surface area (Å²) in [6.45, 7) is 0.397. The molecule has 26 heavy (non-hydrogen) atoms. The summed E-state index contributed by atoms with van der Waals surface area (Å²) in [5.41, 5.74) is 4.02. The maximum Gasteiger partial charge on any atom is 0.404 e. The molecule has 0 aliphatic carbocycles. The summed E-state index contributed by atoms with van der Waals surface area (Å²) in [5.74, 6) is 0. The SMILES string of the molecule is O=C(O)NCCc1ccc(-c2ccc3[nH]c(=O)c4sccc4c3c2)cc1. The van der Waals surface area contributed by atoms with Gasteiger partial charge < -0.3 is 15.4 Å². The summed E-state index contributed by atoms with van der Waals surface area (Å²) >= 11 is 1.45. The average molecular weight is 364 g/mol. The number of carbonyl (C=O) groups is 1. The van der Waals surface area contributed by atoms with Crippen molar-refractivity contribution in [1.29, 1.82) is 0 Å². The van der Waals surface area contributed by atoms with Crippen LogP contribution in [0.25, 0.3) is 32.1 Å². The van der Waals surface area contributed by atoms with E-state index in [-0.39, 0.29) is 5.56 Å². The molecule has 3 N–H and O–H groups in total. The predicted octanol–water partition coefficient (Wildman–Crippen LogP) is 4.22. The maximum atomic E-state index is 12.1. The number of fused-ring (bicyclic) bond motifs is 3. The van der Waals surface area contributed by atoms with Crippen LogP contribution in [0, 0.1) is 0 Å². The molecule has 4 rings (SSSR count). The molecule has 0 aliphatic heterocycles. The molecule has 4 aromatic rings. The van der Waals surface area contributed by atoms with Crippen LogP contribution in [0.15, 0.2) is 58.7 Å². The molecule has 5 nitrogen and oxygen atoms in total. The Morgan fingerprint density at radius 2 is 1.81 bits per heavy atom. The van der Waals surface area contributed by atoms with Crippen LogP contribution < -0.4 is 10.9 Å². The molecule has 0 aliphatic rings. The number of aromatic amines is 1. The Bertz CT molecular complexity index is 1160. The fourth-order valence-corrected chi connectivity index (χ4v) is 3.91. The van der Waals surface area contributed by atoms with Gasteiger partial charge in [0.25, 0.3) is 5.56 Å². The van der Waals surface area contributed by atoms with Crippen LogP contribution in [0.1, 0.15) is 5.56 Å². The second-order valence-electron chi connectivity index (χ2n) is 6.06. The van der Waals surface area contributed by atoms with Crippen LogP contribution in [-0.4, -0.2) is 22.7 Å². The Balaban J connectivity index is 1.67. The van der Waals surface area contributed by atoms with E-state index < -0.39 is 6.09 Å². The quantitative estimate of drug-likeness (QED) is 0.507. The molecule has 0 atom stereocenters. The Labute approximate surface area is 152 Å². The van der Waals surface area contributed by atoms with Gasteiger partial charge in [0.15, 0.2) is 0 Å². The van der Waals surface area contributed by atoms with Gasteiger partial charge in [0, 0.05) is 22.8 Å². The normalized spacial score (nSPS) is 11.1. The van der Waals surface area contributed by atoms with Crippen LogP contribution >= 0.6 is 11.3 Å². The highest BCUT2D eigenvalue weighted by atomic mass is 32.1. The van der Waals surface area contributed by atoms with Crippen LogP contribution in [0.2, 0.25) is 0 Å². The highest BCUT2D eigenvalue weighted by Gasteiger charge is 2.08. The highest BCUT2D eigenvalue weighted by molar-refractivity contribution is 7.17. The van der Waals surface area contributed by atoms with Crippen molar-refractivity contribution in [2.24, 2.45) is 0 Å². The Morgan fingerprint density at radius 1 is 1.04 bits per heavy atom. The van der Waals surface area contributed by atoms with Crippen LogP contribution in [-0.2, 0) is 6.42 Å². The van der Waals surface area contributed by atoms with E-state index in [1.165, 1.54) is 11.3 Å². The zero-order valence-corrected chi connectivity index (χ0v) is 14.6. The van der Waals surface area contributed by atoms with Gasteiger partial charge in [-0.3, -0.25) is 4.79 Å². The van der Waals surface area contributed by atoms with Crippen LogP contribution in [0.3, 0.4) is 0 Å². The van der Waals surface area contributed by atoms with E-state index in [4.69, 9.17) is 5.11 Å². The number of thiophene rings is 1. The molecular formula is C20H16N2O3S. The van der Waals surface area contributed by atoms with E-state index in [0.717, 1.165) is 37.7 Å². The third kappa shape index (κ3) is 3.07. The minimum atomic E-state index is -1.00. The van der Waals surface area contributed by atoms with Crippen molar-refractivity contribution >= 4 is 38.4 Å². The van der Waals surface area contributed by atoms with Gasteiger partial charge in [-0.2, -0.15) is 0 Å². The van der Waals surface area contributed by atoms with Crippen molar-refractivity contribution in [3.63, 3.8) is 0 Å². The minimum absolute atomic E-state index is 0.0467. The van der Waals surface area contributed by atoms with E-state index in [0.29, 0.717) is 13.0 Å². The first-order chi connectivity index (χ1) is 12.6. The van der Waals surface area contributed by atoms with Crippen molar-refractivity contribution in [3.8, 4) is 11.1 Å². The van der Waals surface area contributed by atoms with Gasteiger partial charge in [-0.1, -0.05) is 30.3 Å². The Morgan fingerprint density at radius 3 is 2.58 bits per heavy atom. The smallest absolute Gasteiger partial charge is 0.404 e. The first-order valence-electron chi connectivity index (χ1n) is 8.21. The van der Waals surface area contributed by atoms with Crippen LogP contribution in [0.4, 0.5) is 4.79 Å². The minimum Gasteiger partial charge on any atom is -0.465 e. The lowest BCUT2D eigenvalue weighted by Gasteiger charge is -2.07. The molecule has 6 heteroatoms. The number of pyridine rings is 1. The number of aromatic nitrogens is 1. The van der Waals surface area contributed by atoms with Crippen molar-refractivity contribution in [1.82, 2.24) is 10.3 Å². The topological polar surface area (TPSA) is 82.2 Å². The highest BCUT2D eigenvalue weighted by Crippen LogP contribution is 2.29. The molecule has 130 valence electrons. The number of benzene rings is 2. The van der Waals surface area contributed by atoms with Gasteiger partial charge in [0.1, 0.15) is 4.70 Å². The van der Waals surface area contributed by atoms with E-state index in [2.05, 4.69) is 16.4 Å². The molecule has 0 radical (unpaired) electrons. The summed E-state index contributed by atoms with van der Waals surface area (Å²) in [4.78, 5) is 25.5. The third-order valence-corrected chi connectivity index (χ3v) is 5.32. The Kier molecular flexibility index (Phi) is 4.18. The molecule has 2 aromatic carbocycles. The lowest BCUT2D eigenvalue weighted by Crippen LogP contribution is -2.23. The molecule has 0 saturated heterocycles. The predicted molar refractivity (Wildman–Crippen MR) is 105 cm³/mol. The number of hydrogen-bond acceptors (Lipinski definition) is 3. The van der Waals surface area contributed by atoms with Gasteiger partial charge in [0.2, 0.25) is 0 Å². The fraction of sp³-hybridized carbons (Fsp3) is 0.100. The number of hydrogen-bond donors (Lipinski definition) is 3. The molecular weight excluding hydrogens is 348 g/mol. The molecule has 1 amide bonds. The van der Waals surface area contributed by atoms with E-state index in [9.17, 15) is 9.59 Å². The monoisotopic (exact) mass is 364 g/mol. The lowest BCUT2D eigenvalue weighted by atomic mass is 10.00. The fourth-order valence-electron chi connectivity index (χ4n) is 3.11. The molecule has 0 bridgehead atoms. The van der Waals surface area contributed by atoms with E-state index in [1.807, 2.05) is 47.8 Å². The van der Waals surface area contributed by atoms with Gasteiger partial charge in [-0.25, -0.2) is 4.79 Å². The standard InChI is InChI=1S/C20H16N2O3S/c23-19-18-15(8-10-26-18)16-11-14(5-6-17(16)22-19)13-3-1-12(2-4-13)7-9-21-20(24)25/h1-6,8,10-11,21H,7,9H2,(H,22,23)(H,24,25). The average Bonchev–Trinajstić information content (AvgIpc) is 3.13. The number of H-pyrrole nitrogens is 1. The second kappa shape index (κ2) is 6.65. The zero-order chi connectivity index (χ0) is 18.1. The molecule has 0 saturated carbocycles. The maximum absolute atomic E-state index is 12.1. The third-order valence-electron chi connectivity index (χ3n) is 4.41. The molecule has 0 fully saturated rings. The number of nitrogens with one attached hydrogen (secondary N) is 2. The molecule has 0 spiro atoms. The first kappa shape index (κ1) is 16.4. The number of amides is 1. The second-order valence-corrected chi connectivity index (χ2v) is 6.97. The Hall–Kier alpha value is -3.12. The summed E-state index contributed by atoms with van der Waals surface area (Å²) in [6, 6.07) is 16.1. The number of carboxylic acid groups (broad SMARTS) is 1. The zero-order valence-electron chi connectivity index (χ0n) is 13.8. The summed E-state index contributed by atoms with van der Waals surface area (Å²) in [7, 11) is 0. The van der Waals surface area contributed by atoms with Crippen molar-refractivity contribution < 1.29 is 9.90 Å². The number of rotatable bonds is 4. The van der Waals surface area contributed by atoms with Crippen molar-refractivity contribution in [3.05, 3.63) is 69.8 Å². The van der Waals surface area contributed by atoms with Gasteiger partial charge >= 0.3 is 6.09 Å².